The van der Waals surface area contributed by atoms with Gasteiger partial charge in [-0.25, -0.2) is 4.68 Å². The second-order valence-corrected chi connectivity index (χ2v) is 4.11. The van der Waals surface area contributed by atoms with Gasteiger partial charge in [0.05, 0.1) is 7.11 Å². The van der Waals surface area contributed by atoms with E-state index in [2.05, 4.69) is 5.10 Å². The zero-order chi connectivity index (χ0) is 13.8. The molecule has 0 fully saturated rings. The van der Waals surface area contributed by atoms with Crippen LogP contribution in [-0.4, -0.2) is 22.7 Å². The Labute approximate surface area is 110 Å². The summed E-state index contributed by atoms with van der Waals surface area (Å²) in [5, 5.41) is 3.95. The molecule has 5 nitrogen and oxygen atoms in total. The number of ether oxygens (including phenoxy) is 1. The number of carbonyl (C=O) groups excluding carboxylic acids is 1. The molecular formula is C14H14N2O3. The fourth-order valence-corrected chi connectivity index (χ4v) is 1.76. The lowest BCUT2D eigenvalue weighted by molar-refractivity contribution is 0.0964. The molecule has 1 aromatic carbocycles. The minimum Gasteiger partial charge on any atom is -0.480 e. The highest BCUT2D eigenvalue weighted by Crippen LogP contribution is 2.09. The zero-order valence-electron chi connectivity index (χ0n) is 10.8. The number of methoxy groups -OCH3 is 1. The maximum absolute atomic E-state index is 12.1. The van der Waals surface area contributed by atoms with Crippen LogP contribution in [0.25, 0.3) is 0 Å². The Hall–Kier alpha value is -2.43. The van der Waals surface area contributed by atoms with Crippen LogP contribution < -0.4 is 10.3 Å². The van der Waals surface area contributed by atoms with Crippen molar-refractivity contribution in [1.29, 1.82) is 0 Å². The van der Waals surface area contributed by atoms with Gasteiger partial charge in [-0.05, 0) is 12.5 Å². The summed E-state index contributed by atoms with van der Waals surface area (Å²) in [6, 6.07) is 10.1. The van der Waals surface area contributed by atoms with Crippen molar-refractivity contribution in [1.82, 2.24) is 9.78 Å². The normalized spacial score (nSPS) is 10.2. The van der Waals surface area contributed by atoms with Crippen molar-refractivity contribution in [3.8, 4) is 5.88 Å². The number of aryl methyl sites for hydroxylation is 1. The first-order chi connectivity index (χ1) is 9.11. The Bertz CT molecular complexity index is 662. The molecule has 5 heteroatoms. The standard InChI is InChI=1S/C14H14N2O3/c1-10-5-3-4-6-11(10)12(17)9-16-14(18)8-7-13(15-16)19-2/h3-8H,9H2,1-2H3. The number of rotatable bonds is 4. The number of ketones is 1. The van der Waals surface area contributed by atoms with Gasteiger partial charge in [0.15, 0.2) is 5.78 Å². The predicted molar refractivity (Wildman–Crippen MR) is 70.6 cm³/mol. The van der Waals surface area contributed by atoms with Crippen LogP contribution in [-0.2, 0) is 6.54 Å². The summed E-state index contributed by atoms with van der Waals surface area (Å²) in [6.07, 6.45) is 0. The molecule has 0 aliphatic carbocycles. The van der Waals surface area contributed by atoms with Crippen molar-refractivity contribution < 1.29 is 9.53 Å². The summed E-state index contributed by atoms with van der Waals surface area (Å²) in [4.78, 5) is 23.8. The second-order valence-electron chi connectivity index (χ2n) is 4.11. The summed E-state index contributed by atoms with van der Waals surface area (Å²) in [7, 11) is 1.46. The van der Waals surface area contributed by atoms with Crippen molar-refractivity contribution in [2.45, 2.75) is 13.5 Å². The maximum Gasteiger partial charge on any atom is 0.267 e. The summed E-state index contributed by atoms with van der Waals surface area (Å²) in [5.74, 6) is 0.151. The minimum atomic E-state index is -0.331. The van der Waals surface area contributed by atoms with E-state index in [1.165, 1.54) is 19.2 Å². The average molecular weight is 258 g/mol. The molecule has 1 heterocycles. The Balaban J connectivity index is 2.29. The first kappa shape index (κ1) is 13.0. The fraction of sp³-hybridized carbons (Fsp3) is 0.214. The summed E-state index contributed by atoms with van der Waals surface area (Å²) in [6.45, 7) is 1.76. The maximum atomic E-state index is 12.1. The van der Waals surface area contributed by atoms with E-state index in [4.69, 9.17) is 4.74 Å². The van der Waals surface area contributed by atoms with E-state index in [0.717, 1.165) is 10.2 Å². The molecule has 0 aliphatic rings. The van der Waals surface area contributed by atoms with Gasteiger partial charge in [0.1, 0.15) is 6.54 Å². The lowest BCUT2D eigenvalue weighted by atomic mass is 10.1. The Morgan fingerprint density at radius 3 is 2.68 bits per heavy atom. The van der Waals surface area contributed by atoms with E-state index in [9.17, 15) is 9.59 Å². The molecule has 19 heavy (non-hydrogen) atoms. The van der Waals surface area contributed by atoms with Crippen molar-refractivity contribution >= 4 is 5.78 Å². The topological polar surface area (TPSA) is 61.2 Å². The Morgan fingerprint density at radius 1 is 1.26 bits per heavy atom. The van der Waals surface area contributed by atoms with Gasteiger partial charge >= 0.3 is 0 Å². The van der Waals surface area contributed by atoms with Crippen LogP contribution in [0, 0.1) is 6.92 Å². The third kappa shape index (κ3) is 2.88. The number of hydrogen-bond donors (Lipinski definition) is 0. The van der Waals surface area contributed by atoms with E-state index < -0.39 is 0 Å². The molecule has 2 aromatic rings. The van der Waals surface area contributed by atoms with Crippen LogP contribution in [0.1, 0.15) is 15.9 Å². The van der Waals surface area contributed by atoms with Crippen LogP contribution in [0.2, 0.25) is 0 Å². The third-order valence-electron chi connectivity index (χ3n) is 2.79. The van der Waals surface area contributed by atoms with E-state index >= 15 is 0 Å². The van der Waals surface area contributed by atoms with Crippen LogP contribution in [0.5, 0.6) is 5.88 Å². The van der Waals surface area contributed by atoms with Gasteiger partial charge in [-0.2, -0.15) is 0 Å². The lowest BCUT2D eigenvalue weighted by Crippen LogP contribution is -2.26. The molecule has 0 amide bonds. The molecule has 0 unspecified atom stereocenters. The van der Waals surface area contributed by atoms with Gasteiger partial charge < -0.3 is 4.74 Å². The Morgan fingerprint density at radius 2 is 2.00 bits per heavy atom. The predicted octanol–water partition coefficient (Wildman–Crippen LogP) is 1.44. The van der Waals surface area contributed by atoms with E-state index in [1.54, 1.807) is 12.1 Å². The number of carbonyl (C=O) groups is 1. The van der Waals surface area contributed by atoms with Crippen LogP contribution in [0.15, 0.2) is 41.2 Å². The van der Waals surface area contributed by atoms with Crippen molar-refractivity contribution in [3.63, 3.8) is 0 Å². The summed E-state index contributed by atoms with van der Waals surface area (Å²) < 4.78 is 6.04. The summed E-state index contributed by atoms with van der Waals surface area (Å²) >= 11 is 0. The van der Waals surface area contributed by atoms with Crippen LogP contribution in [0.4, 0.5) is 0 Å². The first-order valence-electron chi connectivity index (χ1n) is 5.83. The van der Waals surface area contributed by atoms with Crippen molar-refractivity contribution in [2.24, 2.45) is 0 Å². The third-order valence-corrected chi connectivity index (χ3v) is 2.79. The smallest absolute Gasteiger partial charge is 0.267 e. The van der Waals surface area contributed by atoms with Crippen LogP contribution >= 0.6 is 0 Å². The largest absolute Gasteiger partial charge is 0.480 e. The highest BCUT2D eigenvalue weighted by molar-refractivity contribution is 5.97. The zero-order valence-corrected chi connectivity index (χ0v) is 10.8. The monoisotopic (exact) mass is 258 g/mol. The van der Waals surface area contributed by atoms with E-state index in [0.29, 0.717) is 11.4 Å². The summed E-state index contributed by atoms with van der Waals surface area (Å²) in [5.41, 5.74) is 1.14. The van der Waals surface area contributed by atoms with Gasteiger partial charge in [0.2, 0.25) is 5.88 Å². The second kappa shape index (κ2) is 5.48. The van der Waals surface area contributed by atoms with Gasteiger partial charge in [-0.3, -0.25) is 9.59 Å². The molecule has 0 saturated heterocycles. The molecule has 0 aliphatic heterocycles. The van der Waals surface area contributed by atoms with Crippen molar-refractivity contribution in [2.75, 3.05) is 7.11 Å². The number of nitrogens with zero attached hydrogens (tertiary/aromatic N) is 2. The van der Waals surface area contributed by atoms with Crippen LogP contribution in [0.3, 0.4) is 0 Å². The average Bonchev–Trinajstić information content (AvgIpc) is 2.41. The molecule has 0 spiro atoms. The number of aromatic nitrogens is 2. The van der Waals surface area contributed by atoms with Gasteiger partial charge in [0.25, 0.3) is 5.56 Å². The molecular weight excluding hydrogens is 244 g/mol. The van der Waals surface area contributed by atoms with E-state index in [-0.39, 0.29) is 17.9 Å². The van der Waals surface area contributed by atoms with E-state index in [1.807, 2.05) is 19.1 Å². The molecule has 98 valence electrons. The minimum absolute atomic E-state index is 0.0963. The molecule has 2 rings (SSSR count). The number of hydrogen-bond acceptors (Lipinski definition) is 4. The molecule has 0 N–H and O–H groups in total. The SMILES string of the molecule is COc1ccc(=O)n(CC(=O)c2ccccc2C)n1. The van der Waals surface area contributed by atoms with Gasteiger partial charge in [0, 0.05) is 17.7 Å². The number of benzene rings is 1. The first-order valence-corrected chi connectivity index (χ1v) is 5.83. The number of Topliss-reactive ketones (excluding diaryl/α,β-unsaturated/α-hetero) is 1. The lowest BCUT2D eigenvalue weighted by Gasteiger charge is -2.07. The van der Waals surface area contributed by atoms with Gasteiger partial charge in [-0.15, -0.1) is 5.10 Å². The van der Waals surface area contributed by atoms with Gasteiger partial charge in [-0.1, -0.05) is 24.3 Å². The molecule has 0 atom stereocenters. The molecule has 0 saturated carbocycles. The molecule has 0 bridgehead atoms. The molecule has 1 aromatic heterocycles. The van der Waals surface area contributed by atoms with Crippen molar-refractivity contribution in [3.05, 3.63) is 57.9 Å². The fourth-order valence-electron chi connectivity index (χ4n) is 1.76. The quantitative estimate of drug-likeness (QED) is 0.779. The molecule has 0 radical (unpaired) electrons. The highest BCUT2D eigenvalue weighted by atomic mass is 16.5. The highest BCUT2D eigenvalue weighted by Gasteiger charge is 2.11. The Kier molecular flexibility index (Phi) is 3.75.